The van der Waals surface area contributed by atoms with Gasteiger partial charge in [0, 0.05) is 30.5 Å². The number of aromatic nitrogens is 3. The molecule has 2 aliphatic rings. The van der Waals surface area contributed by atoms with Gasteiger partial charge in [-0.1, -0.05) is 18.2 Å². The Morgan fingerprint density at radius 2 is 1.92 bits per heavy atom. The predicted molar refractivity (Wildman–Crippen MR) is 148 cm³/mol. The Kier molecular flexibility index (Phi) is 7.34. The van der Waals surface area contributed by atoms with E-state index < -0.39 is 11.6 Å². The van der Waals surface area contributed by atoms with Crippen molar-refractivity contribution in [2.45, 2.75) is 39.3 Å². The SMILES string of the molecule is CCN1CC(C)(C)Oc2nc(N3CCOCC3C)nc(-c3ccc(NC(=O)Nc4ccccn4)cc3)c2C1=O. The van der Waals surface area contributed by atoms with Gasteiger partial charge in [0.15, 0.2) is 0 Å². The van der Waals surface area contributed by atoms with Gasteiger partial charge in [-0.2, -0.15) is 4.98 Å². The number of likely N-dealkylation sites (N-methyl/N-ethyl adjacent to an activating group) is 1. The summed E-state index contributed by atoms with van der Waals surface area (Å²) in [5.74, 6) is 1.04. The van der Waals surface area contributed by atoms with Crippen LogP contribution in [0.5, 0.6) is 5.88 Å². The van der Waals surface area contributed by atoms with Crippen LogP contribution in [0, 0.1) is 0 Å². The lowest BCUT2D eigenvalue weighted by Crippen LogP contribution is -2.44. The fourth-order valence-corrected chi connectivity index (χ4v) is 4.72. The number of carbonyl (C=O) groups excluding carboxylic acids is 2. The Labute approximate surface area is 227 Å². The largest absolute Gasteiger partial charge is 0.469 e. The standard InChI is InChI=1S/C28H33N7O4/c1-5-34-17-28(3,4)39-24-22(25(34)36)23(32-26(33-24)35-14-15-38-16-18(35)2)19-9-11-20(12-10-19)30-27(37)31-21-8-6-7-13-29-21/h6-13,18H,5,14-17H2,1-4H3,(H2,29,30,31,37). The van der Waals surface area contributed by atoms with Crippen molar-refractivity contribution in [1.29, 1.82) is 0 Å². The molecule has 4 heterocycles. The first kappa shape index (κ1) is 26.4. The summed E-state index contributed by atoms with van der Waals surface area (Å²) >= 11 is 0. The summed E-state index contributed by atoms with van der Waals surface area (Å²) in [4.78, 5) is 43.8. The van der Waals surface area contributed by atoms with Gasteiger partial charge in [-0.3, -0.25) is 10.1 Å². The van der Waals surface area contributed by atoms with Crippen molar-refractivity contribution in [3.8, 4) is 17.1 Å². The number of nitrogens with zero attached hydrogens (tertiary/aromatic N) is 5. The summed E-state index contributed by atoms with van der Waals surface area (Å²) in [6.45, 7) is 10.6. The van der Waals surface area contributed by atoms with E-state index >= 15 is 0 Å². The van der Waals surface area contributed by atoms with E-state index in [1.54, 1.807) is 41.4 Å². The number of ether oxygens (including phenoxy) is 2. The smallest absolute Gasteiger partial charge is 0.324 e. The minimum atomic E-state index is -0.634. The fraction of sp³-hybridized carbons (Fsp3) is 0.393. The van der Waals surface area contributed by atoms with Crippen molar-refractivity contribution < 1.29 is 19.1 Å². The molecule has 11 nitrogen and oxygen atoms in total. The lowest BCUT2D eigenvalue weighted by Gasteiger charge is -2.34. The third kappa shape index (κ3) is 5.78. The zero-order chi connectivity index (χ0) is 27.6. The van der Waals surface area contributed by atoms with Crippen LogP contribution in [0.3, 0.4) is 0 Å². The van der Waals surface area contributed by atoms with Gasteiger partial charge in [-0.05, 0) is 52.0 Å². The summed E-state index contributed by atoms with van der Waals surface area (Å²) in [5, 5.41) is 5.49. The van der Waals surface area contributed by atoms with Gasteiger partial charge in [0.2, 0.25) is 11.8 Å². The highest BCUT2D eigenvalue weighted by atomic mass is 16.5. The van der Waals surface area contributed by atoms with E-state index in [1.165, 1.54) is 0 Å². The molecule has 2 aliphatic heterocycles. The molecule has 1 unspecified atom stereocenters. The van der Waals surface area contributed by atoms with Crippen LogP contribution in [0.1, 0.15) is 38.1 Å². The van der Waals surface area contributed by atoms with Crippen LogP contribution in [-0.4, -0.2) is 76.3 Å². The van der Waals surface area contributed by atoms with Crippen molar-refractivity contribution in [3.63, 3.8) is 0 Å². The van der Waals surface area contributed by atoms with E-state index in [-0.39, 0.29) is 17.8 Å². The molecule has 0 spiro atoms. The van der Waals surface area contributed by atoms with Gasteiger partial charge in [-0.25, -0.2) is 14.8 Å². The van der Waals surface area contributed by atoms with Crippen LogP contribution >= 0.6 is 0 Å². The molecule has 204 valence electrons. The molecule has 11 heteroatoms. The number of carbonyl (C=O) groups is 2. The van der Waals surface area contributed by atoms with E-state index in [1.807, 2.05) is 32.9 Å². The highest BCUT2D eigenvalue weighted by molar-refractivity contribution is 6.03. The maximum absolute atomic E-state index is 13.7. The molecule has 2 aromatic heterocycles. The van der Waals surface area contributed by atoms with Crippen LogP contribution in [0.15, 0.2) is 48.7 Å². The first-order chi connectivity index (χ1) is 18.7. The van der Waals surface area contributed by atoms with E-state index in [9.17, 15) is 9.59 Å². The number of benzene rings is 1. The van der Waals surface area contributed by atoms with Crippen LogP contribution in [0.4, 0.5) is 22.2 Å². The summed E-state index contributed by atoms with van der Waals surface area (Å²) < 4.78 is 12.0. The van der Waals surface area contributed by atoms with E-state index in [0.29, 0.717) is 67.1 Å². The van der Waals surface area contributed by atoms with Crippen LogP contribution in [0.2, 0.25) is 0 Å². The van der Waals surface area contributed by atoms with Gasteiger partial charge in [0.1, 0.15) is 17.0 Å². The van der Waals surface area contributed by atoms with Crippen molar-refractivity contribution in [3.05, 3.63) is 54.2 Å². The summed E-state index contributed by atoms with van der Waals surface area (Å²) in [6, 6.07) is 12.1. The minimum absolute atomic E-state index is 0.0653. The third-order valence-electron chi connectivity index (χ3n) is 6.64. The van der Waals surface area contributed by atoms with Gasteiger partial charge in [0.05, 0.1) is 31.5 Å². The number of pyridine rings is 1. The number of morpholine rings is 1. The monoisotopic (exact) mass is 531 g/mol. The second kappa shape index (κ2) is 10.9. The molecular formula is C28H33N7O4. The number of fused-ring (bicyclic) bond motifs is 1. The molecule has 0 saturated carbocycles. The summed E-state index contributed by atoms with van der Waals surface area (Å²) in [6.07, 6.45) is 1.60. The third-order valence-corrected chi connectivity index (χ3v) is 6.64. The number of urea groups is 1. The second-order valence-electron chi connectivity index (χ2n) is 10.2. The van der Waals surface area contributed by atoms with E-state index in [2.05, 4.69) is 27.4 Å². The Hall–Kier alpha value is -4.25. The highest BCUT2D eigenvalue weighted by Crippen LogP contribution is 2.36. The normalized spacial score (nSPS) is 18.6. The lowest BCUT2D eigenvalue weighted by molar-refractivity contribution is 0.0541. The molecular weight excluding hydrogens is 498 g/mol. The Morgan fingerprint density at radius 3 is 2.62 bits per heavy atom. The number of anilines is 3. The van der Waals surface area contributed by atoms with Gasteiger partial charge < -0.3 is 24.6 Å². The maximum Gasteiger partial charge on any atom is 0.324 e. The van der Waals surface area contributed by atoms with Crippen molar-refractivity contribution in [1.82, 2.24) is 19.9 Å². The average molecular weight is 532 g/mol. The van der Waals surface area contributed by atoms with Crippen molar-refractivity contribution >= 4 is 29.4 Å². The Balaban J connectivity index is 1.51. The maximum atomic E-state index is 13.7. The topological polar surface area (TPSA) is 122 Å². The zero-order valence-electron chi connectivity index (χ0n) is 22.6. The molecule has 39 heavy (non-hydrogen) atoms. The van der Waals surface area contributed by atoms with Gasteiger partial charge in [0.25, 0.3) is 5.91 Å². The number of hydrogen-bond donors (Lipinski definition) is 2. The van der Waals surface area contributed by atoms with E-state index in [0.717, 1.165) is 0 Å². The number of rotatable bonds is 5. The molecule has 0 bridgehead atoms. The first-order valence-electron chi connectivity index (χ1n) is 13.1. The molecule has 3 aromatic rings. The molecule has 3 amide bonds. The van der Waals surface area contributed by atoms with Crippen LogP contribution in [-0.2, 0) is 4.74 Å². The molecule has 1 atom stereocenters. The van der Waals surface area contributed by atoms with Crippen LogP contribution in [0.25, 0.3) is 11.3 Å². The summed E-state index contributed by atoms with van der Waals surface area (Å²) in [7, 11) is 0. The minimum Gasteiger partial charge on any atom is -0.469 e. The molecule has 2 N–H and O–H groups in total. The number of hydrogen-bond acceptors (Lipinski definition) is 8. The molecule has 0 radical (unpaired) electrons. The van der Waals surface area contributed by atoms with Gasteiger partial charge >= 0.3 is 6.03 Å². The van der Waals surface area contributed by atoms with Crippen molar-refractivity contribution in [2.75, 3.05) is 48.4 Å². The van der Waals surface area contributed by atoms with Crippen molar-refractivity contribution in [2.24, 2.45) is 0 Å². The molecule has 1 fully saturated rings. The first-order valence-corrected chi connectivity index (χ1v) is 13.1. The van der Waals surface area contributed by atoms with Crippen LogP contribution < -0.4 is 20.3 Å². The Bertz CT molecular complexity index is 1350. The number of nitrogens with one attached hydrogen (secondary N) is 2. The summed E-state index contributed by atoms with van der Waals surface area (Å²) in [5.41, 5.74) is 1.47. The number of amides is 3. The second-order valence-corrected chi connectivity index (χ2v) is 10.2. The molecule has 1 aromatic carbocycles. The predicted octanol–water partition coefficient (Wildman–Crippen LogP) is 4.04. The molecule has 5 rings (SSSR count). The fourth-order valence-electron chi connectivity index (χ4n) is 4.72. The lowest BCUT2D eigenvalue weighted by atomic mass is 10.0. The van der Waals surface area contributed by atoms with E-state index in [4.69, 9.17) is 19.4 Å². The highest BCUT2D eigenvalue weighted by Gasteiger charge is 2.37. The average Bonchev–Trinajstić information content (AvgIpc) is 3.01. The zero-order valence-corrected chi connectivity index (χ0v) is 22.6. The molecule has 1 saturated heterocycles. The quantitative estimate of drug-likeness (QED) is 0.506. The Morgan fingerprint density at radius 1 is 1.13 bits per heavy atom. The van der Waals surface area contributed by atoms with Gasteiger partial charge in [-0.15, -0.1) is 0 Å². The molecule has 0 aliphatic carbocycles.